The molecule has 0 aliphatic heterocycles. The van der Waals surface area contributed by atoms with Crippen LogP contribution in [0.15, 0.2) is 53.4 Å². The summed E-state index contributed by atoms with van der Waals surface area (Å²) in [6.45, 7) is 4.56. The second-order valence-corrected chi connectivity index (χ2v) is 6.25. The second-order valence-electron chi connectivity index (χ2n) is 4.37. The molecule has 0 saturated carbocycles. The van der Waals surface area contributed by atoms with Crippen molar-refractivity contribution in [2.24, 2.45) is 0 Å². The molecule has 0 atom stereocenters. The average molecular weight is 331 g/mol. The third kappa shape index (κ3) is 5.09. The number of hydrogen-bond acceptors (Lipinski definition) is 4. The van der Waals surface area contributed by atoms with Crippen molar-refractivity contribution in [3.63, 3.8) is 0 Å². The zero-order valence-electron chi connectivity index (χ0n) is 13.5. The van der Waals surface area contributed by atoms with Gasteiger partial charge in [0, 0.05) is 6.54 Å². The van der Waals surface area contributed by atoms with Crippen molar-refractivity contribution in [1.82, 2.24) is 4.72 Å². The molecule has 0 heterocycles. The van der Waals surface area contributed by atoms with Gasteiger partial charge in [0.1, 0.15) is 6.07 Å². The predicted molar refractivity (Wildman–Crippen MR) is 92.5 cm³/mol. The Bertz CT molecular complexity index is 766. The molecule has 23 heavy (non-hydrogen) atoms. The fourth-order valence-electron chi connectivity index (χ4n) is 1.85. The monoisotopic (exact) mass is 331 g/mol. The van der Waals surface area contributed by atoms with Crippen molar-refractivity contribution in [1.29, 1.82) is 5.26 Å². The maximum absolute atomic E-state index is 11.7. The van der Waals surface area contributed by atoms with E-state index in [0.717, 1.165) is 5.56 Å². The highest BCUT2D eigenvalue weighted by atomic mass is 32.2. The van der Waals surface area contributed by atoms with E-state index in [0.29, 0.717) is 17.8 Å². The summed E-state index contributed by atoms with van der Waals surface area (Å²) in [6.07, 6.45) is 0. The molecular formula is C17H21N3O2S. The second kappa shape index (κ2) is 8.93. The van der Waals surface area contributed by atoms with E-state index >= 15 is 0 Å². The first-order chi connectivity index (χ1) is 11.1. The lowest BCUT2D eigenvalue weighted by molar-refractivity contribution is 0.588. The Kier molecular flexibility index (Phi) is 7.26. The summed E-state index contributed by atoms with van der Waals surface area (Å²) >= 11 is 0. The van der Waals surface area contributed by atoms with Gasteiger partial charge in [-0.3, -0.25) is 0 Å². The maximum Gasteiger partial charge on any atom is 0.240 e. The average Bonchev–Trinajstić information content (AvgIpc) is 2.62. The number of nitriles is 1. The fourth-order valence-corrected chi connectivity index (χ4v) is 2.60. The Morgan fingerprint density at radius 2 is 1.74 bits per heavy atom. The van der Waals surface area contributed by atoms with E-state index in [1.807, 2.05) is 50.2 Å². The number of sulfonamides is 1. The fraction of sp³-hybridized carbons (Fsp3) is 0.235. The largest absolute Gasteiger partial charge is 0.380 e. The SMILES string of the molecule is CC.CNS(=O)(=O)c1ccc(NCc2ccccc2)c(C#N)c1. The third-order valence-corrected chi connectivity index (χ3v) is 4.43. The van der Waals surface area contributed by atoms with Crippen molar-refractivity contribution in [2.75, 3.05) is 12.4 Å². The first kappa shape index (κ1) is 18.7. The molecule has 0 aromatic heterocycles. The van der Waals surface area contributed by atoms with Crippen LogP contribution in [0, 0.1) is 11.3 Å². The van der Waals surface area contributed by atoms with Gasteiger partial charge in [0.25, 0.3) is 0 Å². The summed E-state index contributed by atoms with van der Waals surface area (Å²) in [5.74, 6) is 0. The van der Waals surface area contributed by atoms with Crippen LogP contribution in [0.3, 0.4) is 0 Å². The number of nitrogens with one attached hydrogen (secondary N) is 2. The van der Waals surface area contributed by atoms with E-state index in [9.17, 15) is 13.7 Å². The van der Waals surface area contributed by atoms with Crippen molar-refractivity contribution in [3.05, 3.63) is 59.7 Å². The highest BCUT2D eigenvalue weighted by Gasteiger charge is 2.13. The number of hydrogen-bond donors (Lipinski definition) is 2. The molecule has 2 aromatic rings. The Hall–Kier alpha value is -2.36. The topological polar surface area (TPSA) is 82.0 Å². The van der Waals surface area contributed by atoms with Crippen molar-refractivity contribution in [2.45, 2.75) is 25.3 Å². The molecule has 0 aliphatic carbocycles. The minimum Gasteiger partial charge on any atom is -0.380 e. The van der Waals surface area contributed by atoms with Crippen LogP contribution in [0.4, 0.5) is 5.69 Å². The summed E-state index contributed by atoms with van der Waals surface area (Å²) < 4.78 is 25.7. The molecule has 0 aliphatic rings. The van der Waals surface area contributed by atoms with Crippen LogP contribution < -0.4 is 10.0 Å². The molecule has 0 radical (unpaired) electrons. The van der Waals surface area contributed by atoms with E-state index in [4.69, 9.17) is 0 Å². The molecule has 2 rings (SSSR count). The standard InChI is InChI=1S/C15H15N3O2S.C2H6/c1-17-21(19,20)14-7-8-15(13(9-14)10-16)18-11-12-5-3-2-4-6-12;1-2/h2-9,17-18H,11H2,1H3;1-2H3. The van der Waals surface area contributed by atoms with Gasteiger partial charge in [0.2, 0.25) is 10.0 Å². The van der Waals surface area contributed by atoms with Crippen molar-refractivity contribution < 1.29 is 8.42 Å². The van der Waals surface area contributed by atoms with E-state index < -0.39 is 10.0 Å². The summed E-state index contributed by atoms with van der Waals surface area (Å²) in [5, 5.41) is 12.3. The molecule has 2 N–H and O–H groups in total. The number of rotatable bonds is 5. The van der Waals surface area contributed by atoms with E-state index in [1.54, 1.807) is 6.07 Å². The lowest BCUT2D eigenvalue weighted by Crippen LogP contribution is -2.18. The Morgan fingerprint density at radius 1 is 1.09 bits per heavy atom. The zero-order valence-corrected chi connectivity index (χ0v) is 14.3. The first-order valence-corrected chi connectivity index (χ1v) is 8.80. The highest BCUT2D eigenvalue weighted by molar-refractivity contribution is 7.89. The first-order valence-electron chi connectivity index (χ1n) is 7.32. The Morgan fingerprint density at radius 3 is 2.30 bits per heavy atom. The van der Waals surface area contributed by atoms with Crippen LogP contribution in [0.5, 0.6) is 0 Å². The van der Waals surface area contributed by atoms with Crippen LogP contribution in [0.1, 0.15) is 25.0 Å². The quantitative estimate of drug-likeness (QED) is 0.882. The van der Waals surface area contributed by atoms with E-state index in [-0.39, 0.29) is 4.90 Å². The minimum absolute atomic E-state index is 0.0758. The zero-order chi connectivity index (χ0) is 17.3. The van der Waals surface area contributed by atoms with Gasteiger partial charge >= 0.3 is 0 Å². The molecule has 5 nitrogen and oxygen atoms in total. The van der Waals surface area contributed by atoms with Crippen molar-refractivity contribution in [3.8, 4) is 6.07 Å². The molecule has 122 valence electrons. The van der Waals surface area contributed by atoms with Gasteiger partial charge in [-0.25, -0.2) is 13.1 Å². The van der Waals surface area contributed by atoms with Gasteiger partial charge in [0.05, 0.1) is 16.1 Å². The molecule has 0 saturated heterocycles. The van der Waals surface area contributed by atoms with Gasteiger partial charge in [0.15, 0.2) is 0 Å². The minimum atomic E-state index is -3.54. The molecule has 0 amide bonds. The highest BCUT2D eigenvalue weighted by Crippen LogP contribution is 2.20. The summed E-state index contributed by atoms with van der Waals surface area (Å²) in [6, 6.07) is 16.2. The molecule has 0 fully saturated rings. The van der Waals surface area contributed by atoms with E-state index in [2.05, 4.69) is 10.0 Å². The molecule has 2 aromatic carbocycles. The van der Waals surface area contributed by atoms with Crippen LogP contribution in [-0.4, -0.2) is 15.5 Å². The lowest BCUT2D eigenvalue weighted by atomic mass is 10.1. The lowest BCUT2D eigenvalue weighted by Gasteiger charge is -2.10. The van der Waals surface area contributed by atoms with Gasteiger partial charge in [-0.15, -0.1) is 0 Å². The van der Waals surface area contributed by atoms with Crippen LogP contribution in [0.2, 0.25) is 0 Å². The molecule has 0 spiro atoms. The van der Waals surface area contributed by atoms with Gasteiger partial charge in [-0.1, -0.05) is 44.2 Å². The van der Waals surface area contributed by atoms with Gasteiger partial charge in [-0.05, 0) is 30.8 Å². The number of nitrogens with zero attached hydrogens (tertiary/aromatic N) is 1. The summed E-state index contributed by atoms with van der Waals surface area (Å²) in [7, 11) is -2.21. The molecule has 6 heteroatoms. The number of anilines is 1. The van der Waals surface area contributed by atoms with Crippen molar-refractivity contribution >= 4 is 15.7 Å². The molecular weight excluding hydrogens is 310 g/mol. The summed E-state index contributed by atoms with van der Waals surface area (Å²) in [5.41, 5.74) is 1.98. The molecule has 0 unspecified atom stereocenters. The van der Waals surface area contributed by atoms with Crippen LogP contribution in [0.25, 0.3) is 0 Å². The van der Waals surface area contributed by atoms with Gasteiger partial charge in [-0.2, -0.15) is 5.26 Å². The van der Waals surface area contributed by atoms with Crippen LogP contribution >= 0.6 is 0 Å². The Balaban J connectivity index is 0.00000127. The maximum atomic E-state index is 11.7. The third-order valence-electron chi connectivity index (χ3n) is 3.02. The smallest absolute Gasteiger partial charge is 0.240 e. The van der Waals surface area contributed by atoms with Gasteiger partial charge < -0.3 is 5.32 Å². The predicted octanol–water partition coefficient (Wildman–Crippen LogP) is 3.10. The number of benzene rings is 2. The molecule has 0 bridgehead atoms. The van der Waals surface area contributed by atoms with E-state index in [1.165, 1.54) is 19.2 Å². The summed E-state index contributed by atoms with van der Waals surface area (Å²) in [4.78, 5) is 0.0758. The Labute approximate surface area is 138 Å². The van der Waals surface area contributed by atoms with Crippen LogP contribution in [-0.2, 0) is 16.6 Å². The normalized spacial score (nSPS) is 10.2.